The predicted octanol–water partition coefficient (Wildman–Crippen LogP) is 4.15. The Balaban J connectivity index is 1.76. The van der Waals surface area contributed by atoms with E-state index in [1.54, 1.807) is 11.0 Å². The molecule has 0 aromatic heterocycles. The molecule has 138 valence electrons. The molecular weight excluding hydrogens is 329 g/mol. The second kappa shape index (κ2) is 7.77. The van der Waals surface area contributed by atoms with E-state index in [2.05, 4.69) is 5.32 Å². The molecule has 2 fully saturated rings. The molecule has 3 nitrogen and oxygen atoms in total. The zero-order valence-electron chi connectivity index (χ0n) is 14.3. The molecule has 6 heteroatoms. The summed E-state index contributed by atoms with van der Waals surface area (Å²) in [5, 5.41) is 3.28. The van der Waals surface area contributed by atoms with Crippen molar-refractivity contribution in [2.75, 3.05) is 19.6 Å². The monoisotopic (exact) mass is 354 g/mol. The Labute approximate surface area is 146 Å². The summed E-state index contributed by atoms with van der Waals surface area (Å²) in [4.78, 5) is 14.4. The highest BCUT2D eigenvalue weighted by molar-refractivity contribution is 5.77. The molecule has 2 aliphatic rings. The molecule has 3 rings (SSSR count). The van der Waals surface area contributed by atoms with Crippen molar-refractivity contribution in [3.8, 4) is 0 Å². The summed E-state index contributed by atoms with van der Waals surface area (Å²) in [5.41, 5.74) is -0.370. The zero-order valence-corrected chi connectivity index (χ0v) is 14.3. The molecule has 0 bridgehead atoms. The fourth-order valence-corrected chi connectivity index (χ4v) is 4.03. The van der Waals surface area contributed by atoms with Gasteiger partial charge in [-0.25, -0.2) is 0 Å². The number of likely N-dealkylation sites (tertiary alicyclic amines) is 1. The van der Waals surface area contributed by atoms with Crippen molar-refractivity contribution in [2.45, 2.75) is 50.7 Å². The van der Waals surface area contributed by atoms with E-state index in [-0.39, 0.29) is 11.5 Å². The molecule has 0 radical (unpaired) electrons. The third-order valence-corrected chi connectivity index (χ3v) is 5.38. The van der Waals surface area contributed by atoms with Gasteiger partial charge in [0.2, 0.25) is 5.91 Å². The van der Waals surface area contributed by atoms with Crippen LogP contribution in [0, 0.1) is 5.92 Å². The van der Waals surface area contributed by atoms with Crippen LogP contribution in [0.25, 0.3) is 0 Å². The number of benzene rings is 1. The van der Waals surface area contributed by atoms with E-state index in [0.717, 1.165) is 44.8 Å². The van der Waals surface area contributed by atoms with E-state index >= 15 is 0 Å². The van der Waals surface area contributed by atoms with Crippen LogP contribution in [0.2, 0.25) is 0 Å². The van der Waals surface area contributed by atoms with Crippen molar-refractivity contribution < 1.29 is 18.0 Å². The van der Waals surface area contributed by atoms with Gasteiger partial charge in [-0.1, -0.05) is 18.2 Å². The van der Waals surface area contributed by atoms with Crippen LogP contribution in [0.3, 0.4) is 0 Å². The lowest BCUT2D eigenvalue weighted by Gasteiger charge is -2.37. The quantitative estimate of drug-likeness (QED) is 0.881. The molecule has 0 spiro atoms. The van der Waals surface area contributed by atoms with Gasteiger partial charge in [0.25, 0.3) is 0 Å². The summed E-state index contributed by atoms with van der Waals surface area (Å²) in [5.74, 6) is 0.503. The molecule has 0 aliphatic carbocycles. The van der Waals surface area contributed by atoms with Crippen LogP contribution in [-0.2, 0) is 11.0 Å². The zero-order chi connectivity index (χ0) is 17.9. The lowest BCUT2D eigenvalue weighted by atomic mass is 9.91. The van der Waals surface area contributed by atoms with Crippen LogP contribution >= 0.6 is 0 Å². The summed E-state index contributed by atoms with van der Waals surface area (Å²) < 4.78 is 40.1. The van der Waals surface area contributed by atoms with Gasteiger partial charge in [0.15, 0.2) is 0 Å². The van der Waals surface area contributed by atoms with Crippen LogP contribution in [0.5, 0.6) is 0 Å². The van der Waals surface area contributed by atoms with Crippen molar-refractivity contribution in [3.63, 3.8) is 0 Å². The van der Waals surface area contributed by atoms with E-state index < -0.39 is 17.8 Å². The molecule has 1 amide bonds. The minimum absolute atomic E-state index is 0.00595. The van der Waals surface area contributed by atoms with Crippen molar-refractivity contribution >= 4 is 5.91 Å². The maximum absolute atomic E-state index is 13.4. The molecule has 1 aromatic rings. The number of carbonyl (C=O) groups is 1. The SMILES string of the molecule is O=C(CCC1CCNC1)N1CCCCC1c1ccccc1C(F)(F)F. The number of rotatable bonds is 4. The van der Waals surface area contributed by atoms with Gasteiger partial charge >= 0.3 is 6.18 Å². The minimum atomic E-state index is -4.39. The first-order valence-electron chi connectivity index (χ1n) is 9.13. The van der Waals surface area contributed by atoms with Gasteiger partial charge in [-0.05, 0) is 62.7 Å². The van der Waals surface area contributed by atoms with E-state index in [1.165, 1.54) is 12.1 Å². The third-order valence-electron chi connectivity index (χ3n) is 5.38. The van der Waals surface area contributed by atoms with E-state index in [4.69, 9.17) is 0 Å². The number of amides is 1. The molecule has 2 unspecified atom stereocenters. The fraction of sp³-hybridized carbons (Fsp3) is 0.632. The maximum atomic E-state index is 13.4. The van der Waals surface area contributed by atoms with Gasteiger partial charge in [-0.2, -0.15) is 13.2 Å². The minimum Gasteiger partial charge on any atom is -0.336 e. The van der Waals surface area contributed by atoms with Crippen LogP contribution in [-0.4, -0.2) is 30.4 Å². The largest absolute Gasteiger partial charge is 0.416 e. The van der Waals surface area contributed by atoms with Crippen molar-refractivity contribution in [2.24, 2.45) is 5.92 Å². The average Bonchev–Trinajstić information content (AvgIpc) is 3.12. The Kier molecular flexibility index (Phi) is 5.67. The molecular formula is C19H25F3N2O. The van der Waals surface area contributed by atoms with E-state index in [9.17, 15) is 18.0 Å². The van der Waals surface area contributed by atoms with Gasteiger partial charge in [-0.15, -0.1) is 0 Å². The highest BCUT2D eigenvalue weighted by Crippen LogP contribution is 2.40. The van der Waals surface area contributed by atoms with Gasteiger partial charge in [0.05, 0.1) is 11.6 Å². The lowest BCUT2D eigenvalue weighted by molar-refractivity contribution is -0.142. The molecule has 1 N–H and O–H groups in total. The van der Waals surface area contributed by atoms with E-state index in [0.29, 0.717) is 25.3 Å². The number of nitrogens with one attached hydrogen (secondary N) is 1. The van der Waals surface area contributed by atoms with Gasteiger partial charge in [0, 0.05) is 13.0 Å². The number of nitrogens with zero attached hydrogens (tertiary/aromatic N) is 1. The molecule has 2 heterocycles. The highest BCUT2D eigenvalue weighted by atomic mass is 19.4. The van der Waals surface area contributed by atoms with Crippen molar-refractivity contribution in [3.05, 3.63) is 35.4 Å². The molecule has 0 saturated carbocycles. The Hall–Kier alpha value is -1.56. The van der Waals surface area contributed by atoms with Gasteiger partial charge < -0.3 is 10.2 Å². The number of alkyl halides is 3. The third kappa shape index (κ3) is 4.35. The summed E-state index contributed by atoms with van der Waals surface area (Å²) in [7, 11) is 0. The van der Waals surface area contributed by atoms with Crippen LogP contribution in [0.1, 0.15) is 55.7 Å². The number of carbonyl (C=O) groups excluding carboxylic acids is 1. The van der Waals surface area contributed by atoms with Crippen molar-refractivity contribution in [1.82, 2.24) is 10.2 Å². The Morgan fingerprint density at radius 3 is 2.72 bits per heavy atom. The molecule has 2 aliphatic heterocycles. The summed E-state index contributed by atoms with van der Waals surface area (Å²) in [6, 6.07) is 5.23. The van der Waals surface area contributed by atoms with Gasteiger partial charge in [-0.3, -0.25) is 4.79 Å². The van der Waals surface area contributed by atoms with Crippen molar-refractivity contribution in [1.29, 1.82) is 0 Å². The predicted molar refractivity (Wildman–Crippen MR) is 90.0 cm³/mol. The average molecular weight is 354 g/mol. The summed E-state index contributed by atoms with van der Waals surface area (Å²) in [6.07, 6.45) is 0.247. The summed E-state index contributed by atoms with van der Waals surface area (Å²) >= 11 is 0. The first-order chi connectivity index (χ1) is 12.0. The van der Waals surface area contributed by atoms with E-state index in [1.807, 2.05) is 0 Å². The topological polar surface area (TPSA) is 32.3 Å². The fourth-order valence-electron chi connectivity index (χ4n) is 4.03. The number of halogens is 3. The second-order valence-corrected chi connectivity index (χ2v) is 7.08. The van der Waals surface area contributed by atoms with Crippen LogP contribution in [0.4, 0.5) is 13.2 Å². The molecule has 2 atom stereocenters. The van der Waals surface area contributed by atoms with Gasteiger partial charge in [0.1, 0.15) is 0 Å². The normalized spacial score (nSPS) is 24.5. The number of piperidine rings is 1. The first-order valence-corrected chi connectivity index (χ1v) is 9.13. The Morgan fingerprint density at radius 1 is 1.20 bits per heavy atom. The highest BCUT2D eigenvalue weighted by Gasteiger charge is 2.38. The Bertz CT molecular complexity index is 597. The van der Waals surface area contributed by atoms with Crippen LogP contribution in [0.15, 0.2) is 24.3 Å². The standard InChI is InChI=1S/C19H25F3N2O/c20-19(21,22)16-6-2-1-5-15(16)17-7-3-4-12-24(17)18(25)9-8-14-10-11-23-13-14/h1-2,5-6,14,17,23H,3-4,7-13H2. The Morgan fingerprint density at radius 2 is 2.00 bits per heavy atom. The number of hydrogen-bond acceptors (Lipinski definition) is 2. The molecule has 25 heavy (non-hydrogen) atoms. The smallest absolute Gasteiger partial charge is 0.336 e. The maximum Gasteiger partial charge on any atom is 0.416 e. The lowest BCUT2D eigenvalue weighted by Crippen LogP contribution is -2.39. The first kappa shape index (κ1) is 18.2. The van der Waals surface area contributed by atoms with Crippen LogP contribution < -0.4 is 5.32 Å². The number of hydrogen-bond donors (Lipinski definition) is 1. The summed E-state index contributed by atoms with van der Waals surface area (Å²) in [6.45, 7) is 2.48. The second-order valence-electron chi connectivity index (χ2n) is 7.08. The molecule has 2 saturated heterocycles. The molecule has 1 aromatic carbocycles.